The van der Waals surface area contributed by atoms with Gasteiger partial charge < -0.3 is 9.67 Å². The van der Waals surface area contributed by atoms with Crippen LogP contribution in [0.15, 0.2) is 36.7 Å². The van der Waals surface area contributed by atoms with Crippen LogP contribution in [0.25, 0.3) is 10.9 Å². The smallest absolute Gasteiger partial charge is 0.0983 e. The first kappa shape index (κ1) is 17.2. The van der Waals surface area contributed by atoms with E-state index in [4.69, 9.17) is 11.6 Å². The zero-order valence-corrected chi connectivity index (χ0v) is 16.3. The number of rotatable bonds is 3. The third-order valence-electron chi connectivity index (χ3n) is 6.25. The molecule has 5 heteroatoms. The maximum atomic E-state index is 10.9. The normalized spacial score (nSPS) is 20.6. The Labute approximate surface area is 164 Å². The first-order valence-corrected chi connectivity index (χ1v) is 10.1. The molecular formula is C22H24ClN3O. The van der Waals surface area contributed by atoms with E-state index in [2.05, 4.69) is 33.5 Å². The number of pyridine rings is 1. The summed E-state index contributed by atoms with van der Waals surface area (Å²) >= 11 is 6.49. The van der Waals surface area contributed by atoms with Gasteiger partial charge in [-0.15, -0.1) is 0 Å². The van der Waals surface area contributed by atoms with E-state index < -0.39 is 6.10 Å². The molecule has 5 rings (SSSR count). The van der Waals surface area contributed by atoms with Crippen molar-refractivity contribution >= 4 is 22.5 Å². The highest BCUT2D eigenvalue weighted by atomic mass is 35.5. The predicted octanol–water partition coefficient (Wildman–Crippen LogP) is 4.42. The van der Waals surface area contributed by atoms with Gasteiger partial charge in [-0.3, -0.25) is 9.88 Å². The molecule has 4 nitrogen and oxygen atoms in total. The lowest BCUT2D eigenvalue weighted by molar-refractivity contribution is 0.155. The highest BCUT2D eigenvalue weighted by Crippen LogP contribution is 2.44. The van der Waals surface area contributed by atoms with Gasteiger partial charge in [-0.25, -0.2) is 0 Å². The average molecular weight is 382 g/mol. The van der Waals surface area contributed by atoms with Crippen molar-refractivity contribution < 1.29 is 5.11 Å². The second-order valence-corrected chi connectivity index (χ2v) is 8.24. The van der Waals surface area contributed by atoms with Gasteiger partial charge in [-0.05, 0) is 55.6 Å². The molecular weight excluding hydrogens is 358 g/mol. The van der Waals surface area contributed by atoms with E-state index >= 15 is 0 Å². The van der Waals surface area contributed by atoms with Crippen LogP contribution in [0.3, 0.4) is 0 Å². The molecule has 2 aliphatic heterocycles. The summed E-state index contributed by atoms with van der Waals surface area (Å²) in [5.41, 5.74) is 5.95. The second kappa shape index (κ2) is 6.62. The molecule has 3 aromatic rings. The van der Waals surface area contributed by atoms with Gasteiger partial charge >= 0.3 is 0 Å². The Kier molecular flexibility index (Phi) is 4.23. The first-order chi connectivity index (χ1) is 13.1. The van der Waals surface area contributed by atoms with Crippen LogP contribution in [-0.2, 0) is 13.0 Å². The van der Waals surface area contributed by atoms with E-state index in [0.29, 0.717) is 12.6 Å². The molecule has 1 fully saturated rings. The van der Waals surface area contributed by atoms with Gasteiger partial charge in [0.15, 0.2) is 0 Å². The largest absolute Gasteiger partial charge is 0.386 e. The highest BCUT2D eigenvalue weighted by Gasteiger charge is 2.35. The molecule has 0 saturated carbocycles. The van der Waals surface area contributed by atoms with Crippen LogP contribution in [0.1, 0.15) is 47.4 Å². The fourth-order valence-electron chi connectivity index (χ4n) is 4.93. The molecule has 0 aliphatic carbocycles. The number of aromatic nitrogens is 2. The van der Waals surface area contributed by atoms with Crippen molar-refractivity contribution in [1.29, 1.82) is 0 Å². The molecule has 2 aromatic heterocycles. The monoisotopic (exact) mass is 381 g/mol. The molecule has 1 aromatic carbocycles. The third-order valence-corrected chi connectivity index (χ3v) is 6.66. The Bertz CT molecular complexity index is 998. The van der Waals surface area contributed by atoms with Gasteiger partial charge in [0.1, 0.15) is 0 Å². The summed E-state index contributed by atoms with van der Waals surface area (Å²) in [6.07, 6.45) is 6.41. The van der Waals surface area contributed by atoms with E-state index in [1.165, 1.54) is 36.0 Å². The van der Waals surface area contributed by atoms with Crippen LogP contribution in [0.4, 0.5) is 0 Å². The number of fused-ring (bicyclic) bond motifs is 5. The number of aryl methyl sites for hydroxylation is 1. The summed E-state index contributed by atoms with van der Waals surface area (Å²) in [4.78, 5) is 6.78. The number of benzene rings is 1. The lowest BCUT2D eigenvalue weighted by Crippen LogP contribution is -2.31. The van der Waals surface area contributed by atoms with Gasteiger partial charge in [0.05, 0.1) is 18.2 Å². The van der Waals surface area contributed by atoms with Crippen molar-refractivity contribution in [1.82, 2.24) is 14.5 Å². The van der Waals surface area contributed by atoms with Crippen LogP contribution >= 0.6 is 11.6 Å². The standard InChI is InChI=1S/C22H24ClN3O/c1-14-10-16-20(11-17(14)23)26(13-21(27)15-4-2-7-24-12-15)19-6-9-25-8-3-5-18(25)22(16)19/h2,4,7,10-12,18,21,27H,3,5-6,8-9,13H2,1H3. The SMILES string of the molecule is Cc1cc2c3c(n(CC(O)c4cccnc4)c2cc1Cl)CCN1CCCC31. The zero-order valence-electron chi connectivity index (χ0n) is 15.5. The number of halogens is 1. The molecule has 2 unspecified atom stereocenters. The maximum absolute atomic E-state index is 10.9. The van der Waals surface area contributed by atoms with E-state index in [0.717, 1.165) is 34.6 Å². The molecule has 0 spiro atoms. The summed E-state index contributed by atoms with van der Waals surface area (Å²) in [5.74, 6) is 0. The zero-order chi connectivity index (χ0) is 18.5. The first-order valence-electron chi connectivity index (χ1n) is 9.76. The lowest BCUT2D eigenvalue weighted by Gasteiger charge is -2.31. The molecule has 0 amide bonds. The maximum Gasteiger partial charge on any atom is 0.0983 e. The van der Waals surface area contributed by atoms with E-state index in [9.17, 15) is 5.11 Å². The van der Waals surface area contributed by atoms with Crippen LogP contribution < -0.4 is 0 Å². The Hall–Kier alpha value is -1.88. The van der Waals surface area contributed by atoms with Gasteiger partial charge in [0.2, 0.25) is 0 Å². The molecule has 1 N–H and O–H groups in total. The van der Waals surface area contributed by atoms with Crippen molar-refractivity contribution in [3.8, 4) is 0 Å². The average Bonchev–Trinajstić information content (AvgIpc) is 3.26. The molecule has 140 valence electrons. The van der Waals surface area contributed by atoms with Crippen LogP contribution in [0, 0.1) is 6.92 Å². The van der Waals surface area contributed by atoms with Crippen LogP contribution in [0.2, 0.25) is 5.02 Å². The Morgan fingerprint density at radius 3 is 3.04 bits per heavy atom. The number of aliphatic hydroxyl groups excluding tert-OH is 1. The third kappa shape index (κ3) is 2.78. The molecule has 2 atom stereocenters. The molecule has 1 saturated heterocycles. The highest BCUT2D eigenvalue weighted by molar-refractivity contribution is 6.32. The van der Waals surface area contributed by atoms with Gasteiger partial charge in [-0.1, -0.05) is 17.7 Å². The van der Waals surface area contributed by atoms with Crippen molar-refractivity contribution in [2.45, 2.75) is 44.9 Å². The molecule has 0 radical (unpaired) electrons. The molecule has 27 heavy (non-hydrogen) atoms. The minimum Gasteiger partial charge on any atom is -0.386 e. The van der Waals surface area contributed by atoms with Gasteiger partial charge in [-0.2, -0.15) is 0 Å². The van der Waals surface area contributed by atoms with Gasteiger partial charge in [0, 0.05) is 53.1 Å². The summed E-state index contributed by atoms with van der Waals surface area (Å²) in [7, 11) is 0. The minimum atomic E-state index is -0.583. The number of aliphatic hydroxyl groups is 1. The predicted molar refractivity (Wildman–Crippen MR) is 108 cm³/mol. The Balaban J connectivity index is 1.66. The number of hydrogen-bond donors (Lipinski definition) is 1. The van der Waals surface area contributed by atoms with Crippen LogP contribution in [-0.4, -0.2) is 32.6 Å². The summed E-state index contributed by atoms with van der Waals surface area (Å²) in [6, 6.07) is 8.64. The molecule has 2 aliphatic rings. The summed E-state index contributed by atoms with van der Waals surface area (Å²) in [5, 5.41) is 13.0. The van der Waals surface area contributed by atoms with E-state index in [1.807, 2.05) is 12.1 Å². The lowest BCUT2D eigenvalue weighted by atomic mass is 9.95. The number of nitrogens with zero attached hydrogens (tertiary/aromatic N) is 3. The summed E-state index contributed by atoms with van der Waals surface area (Å²) < 4.78 is 2.31. The van der Waals surface area contributed by atoms with Crippen molar-refractivity contribution in [3.05, 3.63) is 64.1 Å². The van der Waals surface area contributed by atoms with Gasteiger partial charge in [0.25, 0.3) is 0 Å². The van der Waals surface area contributed by atoms with Crippen LogP contribution in [0.5, 0.6) is 0 Å². The Morgan fingerprint density at radius 1 is 1.33 bits per heavy atom. The van der Waals surface area contributed by atoms with Crippen molar-refractivity contribution in [2.24, 2.45) is 0 Å². The van der Waals surface area contributed by atoms with E-state index in [1.54, 1.807) is 12.4 Å². The van der Waals surface area contributed by atoms with Crippen molar-refractivity contribution in [3.63, 3.8) is 0 Å². The van der Waals surface area contributed by atoms with Crippen molar-refractivity contribution in [2.75, 3.05) is 13.1 Å². The quantitative estimate of drug-likeness (QED) is 0.729. The summed E-state index contributed by atoms with van der Waals surface area (Å²) in [6.45, 7) is 4.90. The minimum absolute atomic E-state index is 0.508. The molecule has 4 heterocycles. The fourth-order valence-corrected chi connectivity index (χ4v) is 5.09. The topological polar surface area (TPSA) is 41.3 Å². The Morgan fingerprint density at radius 2 is 2.22 bits per heavy atom. The number of hydrogen-bond acceptors (Lipinski definition) is 3. The fraction of sp³-hybridized carbons (Fsp3) is 0.409. The second-order valence-electron chi connectivity index (χ2n) is 7.84. The van der Waals surface area contributed by atoms with E-state index in [-0.39, 0.29) is 0 Å². The molecule has 0 bridgehead atoms.